The summed E-state index contributed by atoms with van der Waals surface area (Å²) in [6.45, 7) is 4.43. The molecule has 0 radical (unpaired) electrons. The second kappa shape index (κ2) is 7.21. The highest BCUT2D eigenvalue weighted by molar-refractivity contribution is 5.40. The summed E-state index contributed by atoms with van der Waals surface area (Å²) in [5.41, 5.74) is 10.2. The average Bonchev–Trinajstić information content (AvgIpc) is 2.95. The van der Waals surface area contributed by atoms with Crippen molar-refractivity contribution in [3.8, 4) is 0 Å². The van der Waals surface area contributed by atoms with E-state index in [4.69, 9.17) is 5.73 Å². The number of fused-ring (bicyclic) bond motifs is 1. The van der Waals surface area contributed by atoms with Crippen molar-refractivity contribution < 1.29 is 0 Å². The highest BCUT2D eigenvalue weighted by Gasteiger charge is 2.30. The molecule has 1 saturated heterocycles. The normalized spacial score (nSPS) is 26.5. The van der Waals surface area contributed by atoms with Crippen molar-refractivity contribution in [2.24, 2.45) is 5.73 Å². The van der Waals surface area contributed by atoms with E-state index in [0.29, 0.717) is 18.0 Å². The fourth-order valence-corrected chi connectivity index (χ4v) is 4.99. The molecule has 3 aliphatic rings. The number of hydrogen-bond acceptors (Lipinski definition) is 5. The Morgan fingerprint density at radius 3 is 2.44 bits per heavy atom. The van der Waals surface area contributed by atoms with Crippen LogP contribution in [0, 0.1) is 0 Å². The summed E-state index contributed by atoms with van der Waals surface area (Å²) in [6.07, 6.45) is 7.47. The van der Waals surface area contributed by atoms with Gasteiger partial charge in [0.25, 0.3) is 0 Å². The van der Waals surface area contributed by atoms with Gasteiger partial charge >= 0.3 is 0 Å². The maximum absolute atomic E-state index is 5.96. The molecule has 0 amide bonds. The minimum Gasteiger partial charge on any atom is -0.355 e. The average molecular weight is 364 g/mol. The topological polar surface area (TPSA) is 58.3 Å². The third-order valence-corrected chi connectivity index (χ3v) is 6.67. The summed E-state index contributed by atoms with van der Waals surface area (Å²) >= 11 is 0. The van der Waals surface area contributed by atoms with Crippen LogP contribution in [0.15, 0.2) is 36.7 Å². The summed E-state index contributed by atoms with van der Waals surface area (Å²) in [7, 11) is 0. The summed E-state index contributed by atoms with van der Waals surface area (Å²) in [6, 6.07) is 12.2. The lowest BCUT2D eigenvalue weighted by Crippen LogP contribution is -2.39. The molecular weight excluding hydrogens is 334 g/mol. The Hall–Kier alpha value is -1.98. The van der Waals surface area contributed by atoms with Gasteiger partial charge in [-0.2, -0.15) is 0 Å². The molecule has 27 heavy (non-hydrogen) atoms. The lowest BCUT2D eigenvalue weighted by molar-refractivity contribution is 0.216. The number of benzene rings is 1. The zero-order chi connectivity index (χ0) is 18.2. The van der Waals surface area contributed by atoms with Gasteiger partial charge in [0.05, 0.1) is 0 Å². The summed E-state index contributed by atoms with van der Waals surface area (Å²) in [4.78, 5) is 14.2. The van der Waals surface area contributed by atoms with E-state index < -0.39 is 0 Å². The molecule has 2 heterocycles. The molecule has 2 fully saturated rings. The first kappa shape index (κ1) is 17.1. The lowest BCUT2D eigenvalue weighted by Gasteiger charge is -2.32. The monoisotopic (exact) mass is 363 g/mol. The first-order valence-electron chi connectivity index (χ1n) is 10.4. The van der Waals surface area contributed by atoms with Crippen LogP contribution in [0.2, 0.25) is 0 Å². The highest BCUT2D eigenvalue weighted by Crippen LogP contribution is 2.35. The molecule has 0 spiro atoms. The zero-order valence-corrected chi connectivity index (χ0v) is 15.9. The van der Waals surface area contributed by atoms with E-state index in [1.165, 1.54) is 31.5 Å². The number of nitrogens with two attached hydrogens (primary N) is 1. The lowest BCUT2D eigenvalue weighted by atomic mass is 9.78. The minimum absolute atomic E-state index is 0.357. The fourth-order valence-electron chi connectivity index (χ4n) is 4.99. The first-order chi connectivity index (χ1) is 13.3. The summed E-state index contributed by atoms with van der Waals surface area (Å²) in [5.74, 6) is 1.62. The van der Waals surface area contributed by atoms with Crippen LogP contribution >= 0.6 is 0 Å². The molecule has 5 rings (SSSR count). The van der Waals surface area contributed by atoms with Crippen molar-refractivity contribution in [2.75, 3.05) is 31.1 Å². The van der Waals surface area contributed by atoms with Crippen molar-refractivity contribution in [1.82, 2.24) is 14.9 Å². The van der Waals surface area contributed by atoms with E-state index >= 15 is 0 Å². The largest absolute Gasteiger partial charge is 0.355 e. The van der Waals surface area contributed by atoms with E-state index in [1.807, 2.05) is 0 Å². The summed E-state index contributed by atoms with van der Waals surface area (Å²) in [5, 5.41) is 0. The van der Waals surface area contributed by atoms with Crippen LogP contribution in [-0.4, -0.2) is 53.1 Å². The van der Waals surface area contributed by atoms with E-state index in [2.05, 4.69) is 50.1 Å². The molecule has 0 bridgehead atoms. The van der Waals surface area contributed by atoms with Crippen molar-refractivity contribution in [1.29, 1.82) is 0 Å². The summed E-state index contributed by atoms with van der Waals surface area (Å²) < 4.78 is 0. The third kappa shape index (κ3) is 3.46. The highest BCUT2D eigenvalue weighted by atomic mass is 15.3. The van der Waals surface area contributed by atoms with Crippen molar-refractivity contribution in [3.05, 3.63) is 53.5 Å². The van der Waals surface area contributed by atoms with Gasteiger partial charge in [-0.25, -0.2) is 9.97 Å². The molecule has 1 aliphatic heterocycles. The van der Waals surface area contributed by atoms with E-state index in [1.54, 1.807) is 17.5 Å². The standard InChI is InChI=1S/C22H29N5/c23-19-10-18(11-19)21-14-22(25-15-24-21)27-7-3-6-26(8-9-27)20-12-16-4-1-2-5-17(16)13-20/h1-2,4-5,14-15,18-20H,3,6-13,23H2. The van der Waals surface area contributed by atoms with Gasteiger partial charge in [0.2, 0.25) is 0 Å². The Labute approximate surface area is 161 Å². The Kier molecular flexibility index (Phi) is 4.58. The Morgan fingerprint density at radius 2 is 1.70 bits per heavy atom. The molecule has 1 saturated carbocycles. The van der Waals surface area contributed by atoms with Crippen molar-refractivity contribution in [2.45, 2.75) is 50.1 Å². The number of anilines is 1. The van der Waals surface area contributed by atoms with Crippen LogP contribution in [-0.2, 0) is 12.8 Å². The number of hydrogen-bond donors (Lipinski definition) is 1. The van der Waals surface area contributed by atoms with E-state index in [-0.39, 0.29) is 0 Å². The SMILES string of the molecule is NC1CC(c2cc(N3CCCN(C4Cc5ccccc5C4)CC3)ncn2)C1. The zero-order valence-electron chi connectivity index (χ0n) is 15.9. The first-order valence-corrected chi connectivity index (χ1v) is 10.4. The van der Waals surface area contributed by atoms with Gasteiger partial charge in [-0.15, -0.1) is 0 Å². The van der Waals surface area contributed by atoms with Crippen LogP contribution in [0.3, 0.4) is 0 Å². The minimum atomic E-state index is 0.357. The van der Waals surface area contributed by atoms with Crippen LogP contribution in [0.1, 0.15) is 42.0 Å². The fraction of sp³-hybridized carbons (Fsp3) is 0.545. The number of rotatable bonds is 3. The smallest absolute Gasteiger partial charge is 0.132 e. The molecule has 0 atom stereocenters. The predicted molar refractivity (Wildman–Crippen MR) is 108 cm³/mol. The van der Waals surface area contributed by atoms with Crippen LogP contribution < -0.4 is 10.6 Å². The second-order valence-corrected chi connectivity index (χ2v) is 8.44. The van der Waals surface area contributed by atoms with Gasteiger partial charge in [-0.05, 0) is 43.2 Å². The molecule has 5 heteroatoms. The van der Waals surface area contributed by atoms with Crippen LogP contribution in [0.5, 0.6) is 0 Å². The van der Waals surface area contributed by atoms with Crippen molar-refractivity contribution in [3.63, 3.8) is 0 Å². The molecule has 5 nitrogen and oxygen atoms in total. The maximum atomic E-state index is 5.96. The predicted octanol–water partition coefficient (Wildman–Crippen LogP) is 2.36. The van der Waals surface area contributed by atoms with Gasteiger partial charge in [0.1, 0.15) is 12.1 Å². The maximum Gasteiger partial charge on any atom is 0.132 e. The van der Waals surface area contributed by atoms with Gasteiger partial charge in [-0.3, -0.25) is 4.90 Å². The van der Waals surface area contributed by atoms with Crippen LogP contribution in [0.4, 0.5) is 5.82 Å². The second-order valence-electron chi connectivity index (χ2n) is 8.44. The molecule has 2 aliphatic carbocycles. The van der Waals surface area contributed by atoms with Crippen LogP contribution in [0.25, 0.3) is 0 Å². The van der Waals surface area contributed by atoms with Gasteiger partial charge in [0.15, 0.2) is 0 Å². The molecular formula is C22H29N5. The molecule has 0 unspecified atom stereocenters. The van der Waals surface area contributed by atoms with Crippen molar-refractivity contribution >= 4 is 5.82 Å². The number of aromatic nitrogens is 2. The van der Waals surface area contributed by atoms with Gasteiger partial charge < -0.3 is 10.6 Å². The number of nitrogens with zero attached hydrogens (tertiary/aromatic N) is 4. The third-order valence-electron chi connectivity index (χ3n) is 6.67. The molecule has 1 aromatic heterocycles. The molecule has 142 valence electrons. The Balaban J connectivity index is 1.24. The molecule has 2 N–H and O–H groups in total. The van der Waals surface area contributed by atoms with Gasteiger partial charge in [-0.1, -0.05) is 24.3 Å². The van der Waals surface area contributed by atoms with Gasteiger partial charge in [0, 0.05) is 55.9 Å². The van der Waals surface area contributed by atoms with E-state index in [9.17, 15) is 0 Å². The Morgan fingerprint density at radius 1 is 0.926 bits per heavy atom. The molecule has 2 aromatic rings. The Bertz CT molecular complexity index is 776. The van der Waals surface area contributed by atoms with E-state index in [0.717, 1.165) is 38.3 Å². The quantitative estimate of drug-likeness (QED) is 0.907. The molecule has 1 aromatic carbocycles.